The number of nitrogens with zero attached hydrogens (tertiary/aromatic N) is 2. The Hall–Kier alpha value is -2.37. The third-order valence-corrected chi connectivity index (χ3v) is 5.53. The third kappa shape index (κ3) is 3.89. The zero-order chi connectivity index (χ0) is 17.8. The number of fused-ring (bicyclic) bond motifs is 1. The van der Waals surface area contributed by atoms with Gasteiger partial charge in [-0.1, -0.05) is 24.3 Å². The van der Waals surface area contributed by atoms with Crippen LogP contribution in [0.4, 0.5) is 5.69 Å². The number of hydrogen-bond donors (Lipinski definition) is 1. The number of carbonyl (C=O) groups is 1. The summed E-state index contributed by atoms with van der Waals surface area (Å²) < 4.78 is 0. The van der Waals surface area contributed by atoms with Crippen LogP contribution in [0.2, 0.25) is 0 Å². The van der Waals surface area contributed by atoms with Crippen molar-refractivity contribution in [1.82, 2.24) is 9.88 Å². The van der Waals surface area contributed by atoms with E-state index in [-0.39, 0.29) is 5.91 Å². The summed E-state index contributed by atoms with van der Waals surface area (Å²) in [5, 5.41) is 3.91. The van der Waals surface area contributed by atoms with Crippen molar-refractivity contribution in [2.45, 2.75) is 6.54 Å². The van der Waals surface area contributed by atoms with Crippen molar-refractivity contribution in [1.29, 1.82) is 0 Å². The minimum atomic E-state index is -0.102. The Kier molecular flexibility index (Phi) is 5.18. The molecule has 1 aromatic heterocycles. The largest absolute Gasteiger partial charge is 0.322 e. The van der Waals surface area contributed by atoms with Crippen LogP contribution in [0.3, 0.4) is 0 Å². The van der Waals surface area contributed by atoms with Gasteiger partial charge in [-0.3, -0.25) is 14.7 Å². The van der Waals surface area contributed by atoms with E-state index in [1.807, 2.05) is 54.2 Å². The molecule has 1 fully saturated rings. The molecule has 0 radical (unpaired) electrons. The lowest BCUT2D eigenvalue weighted by atomic mass is 10.1. The first-order valence-electron chi connectivity index (χ1n) is 8.84. The van der Waals surface area contributed by atoms with Crippen LogP contribution in [0.25, 0.3) is 10.9 Å². The summed E-state index contributed by atoms with van der Waals surface area (Å²) >= 11 is 2.02. The molecule has 5 heteroatoms. The lowest BCUT2D eigenvalue weighted by Gasteiger charge is -2.26. The fraction of sp³-hybridized carbons (Fsp3) is 0.238. The second kappa shape index (κ2) is 7.89. The lowest BCUT2D eigenvalue weighted by molar-refractivity contribution is 0.102. The summed E-state index contributed by atoms with van der Waals surface area (Å²) in [6, 6.07) is 17.6. The molecule has 0 atom stereocenters. The van der Waals surface area contributed by atoms with Gasteiger partial charge in [-0.05, 0) is 35.9 Å². The maximum absolute atomic E-state index is 12.8. The van der Waals surface area contributed by atoms with Crippen LogP contribution in [-0.2, 0) is 6.54 Å². The Morgan fingerprint density at radius 1 is 1.08 bits per heavy atom. The number of rotatable bonds is 4. The smallest absolute Gasteiger partial charge is 0.256 e. The lowest BCUT2D eigenvalue weighted by Crippen LogP contribution is -2.31. The minimum absolute atomic E-state index is 0.102. The highest BCUT2D eigenvalue weighted by Gasteiger charge is 2.13. The molecule has 2 aromatic carbocycles. The number of benzene rings is 2. The Morgan fingerprint density at radius 2 is 1.92 bits per heavy atom. The fourth-order valence-electron chi connectivity index (χ4n) is 3.26. The molecule has 1 aliphatic heterocycles. The molecular weight excluding hydrogens is 342 g/mol. The van der Waals surface area contributed by atoms with Crippen LogP contribution < -0.4 is 5.32 Å². The number of pyridine rings is 1. The van der Waals surface area contributed by atoms with Crippen LogP contribution in [-0.4, -0.2) is 40.4 Å². The van der Waals surface area contributed by atoms with Gasteiger partial charge in [0.25, 0.3) is 5.91 Å². The van der Waals surface area contributed by atoms with Crippen molar-refractivity contribution in [3.05, 3.63) is 71.9 Å². The Morgan fingerprint density at radius 3 is 2.81 bits per heavy atom. The van der Waals surface area contributed by atoms with Crippen LogP contribution in [0.15, 0.2) is 60.8 Å². The van der Waals surface area contributed by atoms with E-state index < -0.39 is 0 Å². The maximum atomic E-state index is 12.8. The zero-order valence-corrected chi connectivity index (χ0v) is 15.3. The molecule has 0 saturated carbocycles. The van der Waals surface area contributed by atoms with E-state index in [2.05, 4.69) is 27.3 Å². The van der Waals surface area contributed by atoms with Crippen LogP contribution >= 0.6 is 11.8 Å². The van der Waals surface area contributed by atoms with Crippen molar-refractivity contribution in [2.24, 2.45) is 0 Å². The molecule has 0 spiro atoms. The number of nitrogens with one attached hydrogen (secondary N) is 1. The Bertz CT molecular complexity index is 917. The normalized spacial score (nSPS) is 15.1. The minimum Gasteiger partial charge on any atom is -0.322 e. The highest BCUT2D eigenvalue weighted by Crippen LogP contribution is 2.20. The number of anilines is 1. The first kappa shape index (κ1) is 17.1. The molecule has 0 aliphatic carbocycles. The summed E-state index contributed by atoms with van der Waals surface area (Å²) in [6.07, 6.45) is 1.74. The van der Waals surface area contributed by atoms with Crippen molar-refractivity contribution in [2.75, 3.05) is 29.9 Å². The van der Waals surface area contributed by atoms with Gasteiger partial charge < -0.3 is 5.32 Å². The van der Waals surface area contributed by atoms with Gasteiger partial charge in [0.15, 0.2) is 0 Å². The van der Waals surface area contributed by atoms with Gasteiger partial charge in [-0.25, -0.2) is 0 Å². The molecule has 26 heavy (non-hydrogen) atoms. The first-order chi connectivity index (χ1) is 12.8. The zero-order valence-electron chi connectivity index (χ0n) is 14.5. The van der Waals surface area contributed by atoms with E-state index in [1.165, 1.54) is 17.1 Å². The van der Waals surface area contributed by atoms with Crippen molar-refractivity contribution >= 4 is 34.3 Å². The van der Waals surface area contributed by atoms with E-state index in [0.717, 1.165) is 36.2 Å². The maximum Gasteiger partial charge on any atom is 0.256 e. The van der Waals surface area contributed by atoms with E-state index >= 15 is 0 Å². The number of amides is 1. The molecule has 132 valence electrons. The Balaban J connectivity index is 1.51. The highest BCUT2D eigenvalue weighted by molar-refractivity contribution is 7.99. The first-order valence-corrected chi connectivity index (χ1v) is 9.99. The van der Waals surface area contributed by atoms with Gasteiger partial charge >= 0.3 is 0 Å². The summed E-state index contributed by atoms with van der Waals surface area (Å²) in [6.45, 7) is 3.19. The van der Waals surface area contributed by atoms with Crippen molar-refractivity contribution in [3.63, 3.8) is 0 Å². The number of aromatic nitrogens is 1. The monoisotopic (exact) mass is 363 g/mol. The average Bonchev–Trinajstić information content (AvgIpc) is 2.68. The summed E-state index contributed by atoms with van der Waals surface area (Å²) in [5.41, 5.74) is 3.54. The molecule has 4 nitrogen and oxygen atoms in total. The van der Waals surface area contributed by atoms with Crippen molar-refractivity contribution < 1.29 is 4.79 Å². The van der Waals surface area contributed by atoms with Gasteiger partial charge in [-0.2, -0.15) is 11.8 Å². The van der Waals surface area contributed by atoms with Crippen LogP contribution in [0.1, 0.15) is 15.9 Å². The van der Waals surface area contributed by atoms with Crippen molar-refractivity contribution in [3.8, 4) is 0 Å². The number of hydrogen-bond acceptors (Lipinski definition) is 4. The molecule has 4 rings (SSSR count). The van der Waals surface area contributed by atoms with Gasteiger partial charge in [0.05, 0.1) is 5.52 Å². The highest BCUT2D eigenvalue weighted by atomic mass is 32.2. The molecule has 1 saturated heterocycles. The van der Waals surface area contributed by atoms with Gasteiger partial charge in [0, 0.05) is 54.0 Å². The van der Waals surface area contributed by atoms with Gasteiger partial charge in [-0.15, -0.1) is 0 Å². The molecule has 2 heterocycles. The molecule has 0 bridgehead atoms. The average molecular weight is 363 g/mol. The standard InChI is InChI=1S/C21H21N3OS/c25-21(19-6-2-8-20-18(19)7-3-9-22-20)23-17-5-1-4-16(14-17)15-24-10-12-26-13-11-24/h1-9,14H,10-13,15H2,(H,23,25). The van der Waals surface area contributed by atoms with E-state index in [1.54, 1.807) is 6.20 Å². The number of thioether (sulfide) groups is 1. The van der Waals surface area contributed by atoms with Crippen LogP contribution in [0.5, 0.6) is 0 Å². The molecule has 0 unspecified atom stereocenters. The summed E-state index contributed by atoms with van der Waals surface area (Å²) in [4.78, 5) is 19.6. The second-order valence-electron chi connectivity index (χ2n) is 6.42. The van der Waals surface area contributed by atoms with Gasteiger partial charge in [0.1, 0.15) is 0 Å². The quantitative estimate of drug-likeness (QED) is 0.760. The molecule has 1 amide bonds. The third-order valence-electron chi connectivity index (χ3n) is 4.59. The second-order valence-corrected chi connectivity index (χ2v) is 7.64. The van der Waals surface area contributed by atoms with Crippen LogP contribution in [0, 0.1) is 0 Å². The summed E-state index contributed by atoms with van der Waals surface area (Å²) in [7, 11) is 0. The fourth-order valence-corrected chi connectivity index (χ4v) is 4.24. The summed E-state index contributed by atoms with van der Waals surface area (Å²) in [5.74, 6) is 2.30. The predicted octanol–water partition coefficient (Wildman–Crippen LogP) is 4.04. The van der Waals surface area contributed by atoms with E-state index in [4.69, 9.17) is 0 Å². The number of carbonyl (C=O) groups excluding carboxylic acids is 1. The molecular formula is C21H21N3OS. The molecule has 3 aromatic rings. The predicted molar refractivity (Wildman–Crippen MR) is 109 cm³/mol. The molecule has 1 aliphatic rings. The SMILES string of the molecule is O=C(Nc1cccc(CN2CCSCC2)c1)c1cccc2ncccc12. The topological polar surface area (TPSA) is 45.2 Å². The van der Waals surface area contributed by atoms with Gasteiger partial charge in [0.2, 0.25) is 0 Å². The molecule has 1 N–H and O–H groups in total. The van der Waals surface area contributed by atoms with E-state index in [9.17, 15) is 4.79 Å². The Labute approximate surface area is 157 Å². The van der Waals surface area contributed by atoms with E-state index in [0.29, 0.717) is 5.56 Å².